The summed E-state index contributed by atoms with van der Waals surface area (Å²) in [5.74, 6) is 0.920. The highest BCUT2D eigenvalue weighted by Crippen LogP contribution is 2.22. The molecule has 4 aromatic rings. The van der Waals surface area contributed by atoms with E-state index in [1.807, 2.05) is 12.1 Å². The van der Waals surface area contributed by atoms with E-state index in [4.69, 9.17) is 4.98 Å². The summed E-state index contributed by atoms with van der Waals surface area (Å²) < 4.78 is 2.25. The van der Waals surface area contributed by atoms with Crippen molar-refractivity contribution in [2.75, 3.05) is 5.32 Å². The molecule has 4 rings (SSSR count). The molecule has 0 aliphatic carbocycles. The van der Waals surface area contributed by atoms with Crippen LogP contribution in [0.3, 0.4) is 0 Å². The Kier molecular flexibility index (Phi) is 3.82. The molecule has 0 amide bonds. The van der Waals surface area contributed by atoms with Gasteiger partial charge in [-0.2, -0.15) is 0 Å². The topological polar surface area (TPSA) is 29.9 Å². The molecule has 1 N–H and O–H groups in total. The molecular formula is C19H17N3S. The van der Waals surface area contributed by atoms with E-state index in [1.54, 1.807) is 11.3 Å². The maximum absolute atomic E-state index is 4.76. The Balaban J connectivity index is 1.69. The van der Waals surface area contributed by atoms with Crippen LogP contribution < -0.4 is 5.32 Å². The molecule has 0 unspecified atom stereocenters. The number of thiophene rings is 1. The molecule has 0 aliphatic rings. The number of para-hydroxylation sites is 2. The minimum absolute atomic E-state index is 0.801. The predicted octanol–water partition coefficient (Wildman–Crippen LogP) is 4.76. The van der Waals surface area contributed by atoms with Crippen LogP contribution in [0.5, 0.6) is 0 Å². The lowest BCUT2D eigenvalue weighted by molar-refractivity contribution is 0.823. The van der Waals surface area contributed by atoms with Crippen molar-refractivity contribution in [2.24, 2.45) is 0 Å². The van der Waals surface area contributed by atoms with Crippen molar-refractivity contribution in [3.8, 4) is 0 Å². The maximum Gasteiger partial charge on any atom is 0.204 e. The van der Waals surface area contributed by atoms with Crippen LogP contribution in [-0.4, -0.2) is 9.55 Å². The quantitative estimate of drug-likeness (QED) is 0.575. The molecule has 0 atom stereocenters. The summed E-state index contributed by atoms with van der Waals surface area (Å²) in [4.78, 5) is 6.07. The number of aromatic nitrogens is 2. The second-order valence-electron chi connectivity index (χ2n) is 5.43. The van der Waals surface area contributed by atoms with E-state index in [0.717, 1.165) is 30.1 Å². The van der Waals surface area contributed by atoms with Crippen LogP contribution >= 0.6 is 11.3 Å². The molecule has 2 heterocycles. The number of nitrogens with zero attached hydrogens (tertiary/aromatic N) is 2. The summed E-state index contributed by atoms with van der Waals surface area (Å²) in [7, 11) is 0. The second kappa shape index (κ2) is 6.26. The van der Waals surface area contributed by atoms with Gasteiger partial charge < -0.3 is 9.88 Å². The van der Waals surface area contributed by atoms with E-state index >= 15 is 0 Å². The third-order valence-electron chi connectivity index (χ3n) is 3.84. The number of anilines is 1. The van der Waals surface area contributed by atoms with Crippen LogP contribution in [0.2, 0.25) is 0 Å². The van der Waals surface area contributed by atoms with Crippen LogP contribution in [0.25, 0.3) is 11.0 Å². The maximum atomic E-state index is 4.76. The summed E-state index contributed by atoms with van der Waals surface area (Å²) in [5.41, 5.74) is 3.46. The van der Waals surface area contributed by atoms with Crippen LogP contribution in [0.15, 0.2) is 72.1 Å². The van der Waals surface area contributed by atoms with E-state index in [1.165, 1.54) is 10.4 Å². The zero-order valence-corrected chi connectivity index (χ0v) is 13.5. The Labute approximate surface area is 139 Å². The highest BCUT2D eigenvalue weighted by atomic mass is 32.1. The summed E-state index contributed by atoms with van der Waals surface area (Å²) in [6, 6.07) is 23.0. The normalized spacial score (nSPS) is 11.0. The fourth-order valence-corrected chi connectivity index (χ4v) is 3.36. The van der Waals surface area contributed by atoms with Crippen molar-refractivity contribution >= 4 is 28.3 Å². The van der Waals surface area contributed by atoms with Crippen LogP contribution in [0, 0.1) is 0 Å². The molecule has 4 heteroatoms. The first-order chi connectivity index (χ1) is 11.4. The summed E-state index contributed by atoms with van der Waals surface area (Å²) in [5, 5.41) is 5.59. The van der Waals surface area contributed by atoms with Gasteiger partial charge in [0.15, 0.2) is 0 Å². The molecule has 0 aliphatic heterocycles. The molecule has 0 radical (unpaired) electrons. The second-order valence-corrected chi connectivity index (χ2v) is 6.46. The Morgan fingerprint density at radius 2 is 1.74 bits per heavy atom. The smallest absolute Gasteiger partial charge is 0.204 e. The number of hydrogen-bond acceptors (Lipinski definition) is 3. The molecule has 0 bridgehead atoms. The van der Waals surface area contributed by atoms with Crippen molar-refractivity contribution in [3.05, 3.63) is 82.6 Å². The van der Waals surface area contributed by atoms with Gasteiger partial charge in [-0.15, -0.1) is 11.3 Å². The third kappa shape index (κ3) is 2.98. The minimum atomic E-state index is 0.801. The largest absolute Gasteiger partial charge is 0.351 e. The molecule has 2 aromatic carbocycles. The number of benzene rings is 2. The molecule has 0 fully saturated rings. The van der Waals surface area contributed by atoms with Gasteiger partial charge in [0, 0.05) is 4.88 Å². The van der Waals surface area contributed by atoms with E-state index in [2.05, 4.69) is 69.9 Å². The SMILES string of the molecule is c1ccc(Cn2c(NCc3cccs3)nc3ccccc32)cc1. The Bertz CT molecular complexity index is 895. The van der Waals surface area contributed by atoms with Gasteiger partial charge in [-0.05, 0) is 29.1 Å². The Morgan fingerprint density at radius 3 is 2.57 bits per heavy atom. The van der Waals surface area contributed by atoms with Crippen molar-refractivity contribution < 1.29 is 0 Å². The zero-order chi connectivity index (χ0) is 15.5. The van der Waals surface area contributed by atoms with Crippen molar-refractivity contribution in [1.29, 1.82) is 0 Å². The molecule has 0 saturated heterocycles. The highest BCUT2D eigenvalue weighted by molar-refractivity contribution is 7.09. The summed E-state index contributed by atoms with van der Waals surface area (Å²) in [6.07, 6.45) is 0. The van der Waals surface area contributed by atoms with E-state index in [0.29, 0.717) is 0 Å². The minimum Gasteiger partial charge on any atom is -0.351 e. The van der Waals surface area contributed by atoms with Crippen molar-refractivity contribution in [3.63, 3.8) is 0 Å². The summed E-state index contributed by atoms with van der Waals surface area (Å²) in [6.45, 7) is 1.61. The first kappa shape index (κ1) is 14.0. The van der Waals surface area contributed by atoms with Crippen molar-refractivity contribution in [2.45, 2.75) is 13.1 Å². The fraction of sp³-hybridized carbons (Fsp3) is 0.105. The Hall–Kier alpha value is -2.59. The average molecular weight is 319 g/mol. The van der Waals surface area contributed by atoms with Crippen molar-refractivity contribution in [1.82, 2.24) is 9.55 Å². The van der Waals surface area contributed by atoms with Gasteiger partial charge in [-0.3, -0.25) is 0 Å². The zero-order valence-electron chi connectivity index (χ0n) is 12.6. The fourth-order valence-electron chi connectivity index (χ4n) is 2.72. The molecule has 114 valence electrons. The number of nitrogens with one attached hydrogen (secondary N) is 1. The van der Waals surface area contributed by atoms with Gasteiger partial charge in [0.2, 0.25) is 5.95 Å². The van der Waals surface area contributed by atoms with E-state index in [9.17, 15) is 0 Å². The van der Waals surface area contributed by atoms with E-state index < -0.39 is 0 Å². The van der Waals surface area contributed by atoms with Gasteiger partial charge in [-0.25, -0.2) is 4.98 Å². The lowest BCUT2D eigenvalue weighted by atomic mass is 10.2. The Morgan fingerprint density at radius 1 is 0.913 bits per heavy atom. The monoisotopic (exact) mass is 319 g/mol. The molecule has 0 spiro atoms. The summed E-state index contributed by atoms with van der Waals surface area (Å²) >= 11 is 1.76. The van der Waals surface area contributed by atoms with Gasteiger partial charge in [-0.1, -0.05) is 48.5 Å². The first-order valence-electron chi connectivity index (χ1n) is 7.65. The van der Waals surface area contributed by atoms with Crippen LogP contribution in [-0.2, 0) is 13.1 Å². The molecule has 3 nitrogen and oxygen atoms in total. The number of imidazole rings is 1. The van der Waals surface area contributed by atoms with Crippen LogP contribution in [0.1, 0.15) is 10.4 Å². The third-order valence-corrected chi connectivity index (χ3v) is 4.72. The molecular weight excluding hydrogens is 302 g/mol. The first-order valence-corrected chi connectivity index (χ1v) is 8.53. The highest BCUT2D eigenvalue weighted by Gasteiger charge is 2.10. The molecule has 0 saturated carbocycles. The van der Waals surface area contributed by atoms with E-state index in [-0.39, 0.29) is 0 Å². The number of fused-ring (bicyclic) bond motifs is 1. The van der Waals surface area contributed by atoms with Gasteiger partial charge in [0.1, 0.15) is 0 Å². The van der Waals surface area contributed by atoms with Crippen LogP contribution in [0.4, 0.5) is 5.95 Å². The van der Waals surface area contributed by atoms with Gasteiger partial charge in [0.25, 0.3) is 0 Å². The van der Waals surface area contributed by atoms with Gasteiger partial charge >= 0.3 is 0 Å². The lowest BCUT2D eigenvalue weighted by Gasteiger charge is -2.10. The number of rotatable bonds is 5. The average Bonchev–Trinajstić information content (AvgIpc) is 3.22. The predicted molar refractivity (Wildman–Crippen MR) is 96.9 cm³/mol. The molecule has 2 aromatic heterocycles. The standard InChI is InChI=1S/C19H17N3S/c1-2-7-15(8-3-1)14-22-18-11-5-4-10-17(18)21-19(22)20-13-16-9-6-12-23-16/h1-12H,13-14H2,(H,20,21). The van der Waals surface area contributed by atoms with Gasteiger partial charge in [0.05, 0.1) is 24.1 Å². The lowest BCUT2D eigenvalue weighted by Crippen LogP contribution is -2.08. The molecule has 23 heavy (non-hydrogen) atoms. The number of hydrogen-bond donors (Lipinski definition) is 1.